The number of nitrogens with zero attached hydrogens (tertiary/aromatic N) is 3. The highest BCUT2D eigenvalue weighted by molar-refractivity contribution is 5.76. The monoisotopic (exact) mass is 359 g/mol. The third-order valence-corrected chi connectivity index (χ3v) is 5.13. The second-order valence-electron chi connectivity index (χ2n) is 6.90. The standard InChI is InChI=1S/C20H26FN3O2/c1-26-19-14-24(20(25)3-2-10-23-12-9-22-15-23)11-8-17(19)13-16-4-6-18(21)7-5-16/h4-7,9,12,15,17,19H,2-3,8,10-11,13-14H2,1H3/t17-,19-/m1/s1. The van der Waals surface area contributed by atoms with Gasteiger partial charge in [0.15, 0.2) is 0 Å². The van der Waals surface area contributed by atoms with Crippen LogP contribution in [0.2, 0.25) is 0 Å². The Morgan fingerprint density at radius 2 is 2.15 bits per heavy atom. The second kappa shape index (κ2) is 8.94. The minimum Gasteiger partial charge on any atom is -0.379 e. The fourth-order valence-electron chi connectivity index (χ4n) is 3.61. The molecule has 2 aromatic rings. The Bertz CT molecular complexity index is 688. The zero-order valence-electron chi connectivity index (χ0n) is 15.2. The molecule has 0 saturated carbocycles. The van der Waals surface area contributed by atoms with Gasteiger partial charge >= 0.3 is 0 Å². The van der Waals surface area contributed by atoms with Crippen LogP contribution in [0.1, 0.15) is 24.8 Å². The first-order valence-corrected chi connectivity index (χ1v) is 9.16. The van der Waals surface area contributed by atoms with Crippen molar-refractivity contribution in [3.63, 3.8) is 0 Å². The molecule has 6 heteroatoms. The summed E-state index contributed by atoms with van der Waals surface area (Å²) in [7, 11) is 1.70. The highest BCUT2D eigenvalue weighted by Gasteiger charge is 2.31. The van der Waals surface area contributed by atoms with Gasteiger partial charge in [-0.05, 0) is 42.9 Å². The number of hydrogen-bond donors (Lipinski definition) is 0. The average molecular weight is 359 g/mol. The first-order valence-electron chi connectivity index (χ1n) is 9.16. The molecule has 0 unspecified atom stereocenters. The zero-order chi connectivity index (χ0) is 18.4. The van der Waals surface area contributed by atoms with Crippen molar-refractivity contribution < 1.29 is 13.9 Å². The molecule has 0 radical (unpaired) electrons. The third kappa shape index (κ3) is 4.91. The fraction of sp³-hybridized carbons (Fsp3) is 0.500. The van der Waals surface area contributed by atoms with E-state index in [9.17, 15) is 9.18 Å². The summed E-state index contributed by atoms with van der Waals surface area (Å²) in [6, 6.07) is 6.65. The number of rotatable bonds is 7. The second-order valence-corrected chi connectivity index (χ2v) is 6.90. The first-order chi connectivity index (χ1) is 12.7. The van der Waals surface area contributed by atoms with E-state index in [0.29, 0.717) is 18.9 Å². The molecule has 0 bridgehead atoms. The van der Waals surface area contributed by atoms with Crippen molar-refractivity contribution in [2.75, 3.05) is 20.2 Å². The summed E-state index contributed by atoms with van der Waals surface area (Å²) >= 11 is 0. The molecule has 2 atom stereocenters. The van der Waals surface area contributed by atoms with E-state index in [-0.39, 0.29) is 17.8 Å². The Hall–Kier alpha value is -2.21. The highest BCUT2D eigenvalue weighted by Crippen LogP contribution is 2.25. The molecule has 1 aliphatic rings. The molecular formula is C20H26FN3O2. The van der Waals surface area contributed by atoms with Crippen LogP contribution in [0.4, 0.5) is 4.39 Å². The van der Waals surface area contributed by atoms with Crippen LogP contribution in [0, 0.1) is 11.7 Å². The number of ether oxygens (including phenoxy) is 1. The maximum atomic E-state index is 13.1. The van der Waals surface area contributed by atoms with Crippen LogP contribution in [0.25, 0.3) is 0 Å². The van der Waals surface area contributed by atoms with Crippen LogP contribution in [-0.4, -0.2) is 46.7 Å². The van der Waals surface area contributed by atoms with Gasteiger partial charge in [-0.2, -0.15) is 0 Å². The molecule has 0 spiro atoms. The largest absolute Gasteiger partial charge is 0.379 e. The van der Waals surface area contributed by atoms with Gasteiger partial charge in [0.25, 0.3) is 0 Å². The molecule has 5 nitrogen and oxygen atoms in total. The van der Waals surface area contributed by atoms with E-state index in [0.717, 1.165) is 37.9 Å². The molecule has 2 heterocycles. The van der Waals surface area contributed by atoms with Crippen LogP contribution in [0.15, 0.2) is 43.0 Å². The van der Waals surface area contributed by atoms with Crippen molar-refractivity contribution in [2.24, 2.45) is 5.92 Å². The first kappa shape index (κ1) is 18.6. The van der Waals surface area contributed by atoms with Crippen LogP contribution in [0.5, 0.6) is 0 Å². The lowest BCUT2D eigenvalue weighted by Gasteiger charge is -2.38. The Kier molecular flexibility index (Phi) is 6.39. The number of amides is 1. The molecule has 1 aromatic heterocycles. The van der Waals surface area contributed by atoms with Crippen molar-refractivity contribution >= 4 is 5.91 Å². The minimum atomic E-state index is -0.215. The summed E-state index contributed by atoms with van der Waals surface area (Å²) in [5.41, 5.74) is 1.11. The van der Waals surface area contributed by atoms with Gasteiger partial charge in [0.05, 0.1) is 12.4 Å². The molecule has 3 rings (SSSR count). The number of hydrogen-bond acceptors (Lipinski definition) is 3. The van der Waals surface area contributed by atoms with Gasteiger partial charge in [0.1, 0.15) is 5.82 Å². The van der Waals surface area contributed by atoms with Crippen LogP contribution >= 0.6 is 0 Å². The topological polar surface area (TPSA) is 47.4 Å². The zero-order valence-corrected chi connectivity index (χ0v) is 15.2. The van der Waals surface area contributed by atoms with Gasteiger partial charge < -0.3 is 14.2 Å². The molecule has 0 N–H and O–H groups in total. The lowest BCUT2D eigenvalue weighted by molar-refractivity contribution is -0.136. The number of methoxy groups -OCH3 is 1. The van der Waals surface area contributed by atoms with Gasteiger partial charge in [0.2, 0.25) is 5.91 Å². The summed E-state index contributed by atoms with van der Waals surface area (Å²) in [5, 5.41) is 0. The quantitative estimate of drug-likeness (QED) is 0.764. The van der Waals surface area contributed by atoms with E-state index in [1.165, 1.54) is 12.1 Å². The van der Waals surface area contributed by atoms with Gasteiger partial charge in [-0.1, -0.05) is 12.1 Å². The molecule has 140 valence electrons. The molecule has 0 aliphatic carbocycles. The Morgan fingerprint density at radius 1 is 1.35 bits per heavy atom. The molecule has 1 aromatic carbocycles. The number of carbonyl (C=O) groups is 1. The van der Waals surface area contributed by atoms with E-state index in [2.05, 4.69) is 4.98 Å². The smallest absolute Gasteiger partial charge is 0.222 e. The molecule has 26 heavy (non-hydrogen) atoms. The number of benzene rings is 1. The summed E-state index contributed by atoms with van der Waals surface area (Å²) in [4.78, 5) is 18.4. The lowest BCUT2D eigenvalue weighted by atomic mass is 9.87. The van der Waals surface area contributed by atoms with E-state index >= 15 is 0 Å². The normalized spacial score (nSPS) is 20.3. The number of aromatic nitrogens is 2. The fourth-order valence-corrected chi connectivity index (χ4v) is 3.61. The SMILES string of the molecule is CO[C@@H]1CN(C(=O)CCCn2ccnc2)CC[C@@H]1Cc1ccc(F)cc1. The number of aryl methyl sites for hydroxylation is 1. The van der Waals surface area contributed by atoms with Gasteiger partial charge in [-0.3, -0.25) is 4.79 Å². The highest BCUT2D eigenvalue weighted by atomic mass is 19.1. The number of piperidine rings is 1. The third-order valence-electron chi connectivity index (χ3n) is 5.13. The predicted octanol–water partition coefficient (Wildman–Crippen LogP) is 2.91. The maximum Gasteiger partial charge on any atom is 0.222 e. The summed E-state index contributed by atoms with van der Waals surface area (Å²) < 4.78 is 20.7. The van der Waals surface area contributed by atoms with Gasteiger partial charge in [-0.15, -0.1) is 0 Å². The summed E-state index contributed by atoms with van der Waals surface area (Å²) in [6.45, 7) is 2.20. The van der Waals surface area contributed by atoms with Gasteiger partial charge in [-0.25, -0.2) is 9.37 Å². The summed E-state index contributed by atoms with van der Waals surface area (Å²) in [5.74, 6) is 0.320. The van der Waals surface area contributed by atoms with Crippen molar-refractivity contribution in [1.82, 2.24) is 14.5 Å². The van der Waals surface area contributed by atoms with Crippen molar-refractivity contribution in [3.05, 3.63) is 54.4 Å². The number of carbonyl (C=O) groups excluding carboxylic acids is 1. The predicted molar refractivity (Wildman–Crippen MR) is 97.0 cm³/mol. The van der Waals surface area contributed by atoms with E-state index < -0.39 is 0 Å². The molecular weight excluding hydrogens is 333 g/mol. The van der Waals surface area contributed by atoms with Gasteiger partial charge in [0, 0.05) is 45.6 Å². The molecule has 1 saturated heterocycles. The molecule has 1 fully saturated rings. The van der Waals surface area contributed by atoms with Crippen molar-refractivity contribution in [3.8, 4) is 0 Å². The van der Waals surface area contributed by atoms with Crippen LogP contribution in [-0.2, 0) is 22.5 Å². The Labute approximate surface area is 153 Å². The van der Waals surface area contributed by atoms with E-state index in [4.69, 9.17) is 4.74 Å². The summed E-state index contributed by atoms with van der Waals surface area (Å²) in [6.07, 6.45) is 8.55. The van der Waals surface area contributed by atoms with E-state index in [1.54, 1.807) is 19.6 Å². The van der Waals surface area contributed by atoms with Crippen molar-refractivity contribution in [1.29, 1.82) is 0 Å². The lowest BCUT2D eigenvalue weighted by Crippen LogP contribution is -2.48. The minimum absolute atomic E-state index is 0.0198. The van der Waals surface area contributed by atoms with Crippen molar-refractivity contribution in [2.45, 2.75) is 38.3 Å². The number of likely N-dealkylation sites (tertiary alicyclic amines) is 1. The Morgan fingerprint density at radius 3 is 2.85 bits per heavy atom. The van der Waals surface area contributed by atoms with Crippen LogP contribution < -0.4 is 0 Å². The Balaban J connectivity index is 1.48. The number of halogens is 1. The van der Waals surface area contributed by atoms with E-state index in [1.807, 2.05) is 27.8 Å². The average Bonchev–Trinajstić information content (AvgIpc) is 3.17. The molecule has 1 aliphatic heterocycles. The number of imidazole rings is 1. The molecule has 1 amide bonds. The van der Waals surface area contributed by atoms with Crippen LogP contribution in [0.3, 0.4) is 0 Å². The maximum absolute atomic E-state index is 13.1.